The van der Waals surface area contributed by atoms with Gasteiger partial charge in [0.2, 0.25) is 0 Å². The number of hydrogen-bond acceptors (Lipinski definition) is 5. The molecular weight excluding hydrogens is 344 g/mol. The van der Waals surface area contributed by atoms with Gasteiger partial charge in [-0.2, -0.15) is 5.10 Å². The number of carbonyl (C=O) groups is 1. The summed E-state index contributed by atoms with van der Waals surface area (Å²) >= 11 is 0. The van der Waals surface area contributed by atoms with E-state index in [0.29, 0.717) is 12.5 Å². The third-order valence-electron chi connectivity index (χ3n) is 4.91. The monoisotopic (exact) mass is 366 g/mol. The van der Waals surface area contributed by atoms with Gasteiger partial charge < -0.3 is 10.2 Å². The van der Waals surface area contributed by atoms with Crippen LogP contribution in [0, 0.1) is 13.8 Å². The molecule has 0 radical (unpaired) electrons. The number of carbonyl (C=O) groups excluding carboxylic acids is 1. The van der Waals surface area contributed by atoms with Gasteiger partial charge in [0.05, 0.1) is 23.6 Å². The molecule has 3 aromatic rings. The van der Waals surface area contributed by atoms with Gasteiger partial charge in [0.1, 0.15) is 6.33 Å². The number of anilines is 1. The van der Waals surface area contributed by atoms with E-state index in [1.165, 1.54) is 19.2 Å². The zero-order valence-corrected chi connectivity index (χ0v) is 15.6. The van der Waals surface area contributed by atoms with Gasteiger partial charge in [-0.25, -0.2) is 9.48 Å². The van der Waals surface area contributed by atoms with E-state index in [4.69, 9.17) is 0 Å². The number of aromatic nitrogens is 6. The van der Waals surface area contributed by atoms with E-state index in [9.17, 15) is 4.79 Å². The molecule has 0 aliphatic heterocycles. The molecule has 2 N–H and O–H groups in total. The Hall–Kier alpha value is -3.23. The van der Waals surface area contributed by atoms with Crippen molar-refractivity contribution in [1.29, 1.82) is 0 Å². The second-order valence-corrected chi connectivity index (χ2v) is 7.07. The van der Waals surface area contributed by atoms with Gasteiger partial charge in [0, 0.05) is 18.7 Å². The molecule has 4 rings (SSSR count). The lowest BCUT2D eigenvalue weighted by Crippen LogP contribution is -2.31. The standard InChI is InChI=1S/C18H22N8O/c1-11-6-15(26-10-19-23-24-26)8-16(12(11)2)20-18(27)25(3)9-14-7-17(22-21-14)13-4-5-13/h6-8,10,13H,4-5,9H2,1-3H3,(H,20,27)(H,21,22). The van der Waals surface area contributed by atoms with Crippen molar-refractivity contribution in [2.45, 2.75) is 39.2 Å². The molecule has 1 aliphatic rings. The second kappa shape index (κ2) is 6.82. The molecule has 27 heavy (non-hydrogen) atoms. The molecule has 140 valence electrons. The van der Waals surface area contributed by atoms with Crippen molar-refractivity contribution < 1.29 is 4.79 Å². The van der Waals surface area contributed by atoms with E-state index >= 15 is 0 Å². The van der Waals surface area contributed by atoms with Crippen LogP contribution < -0.4 is 5.32 Å². The summed E-state index contributed by atoms with van der Waals surface area (Å²) < 4.78 is 1.57. The molecule has 2 heterocycles. The summed E-state index contributed by atoms with van der Waals surface area (Å²) in [6.07, 6.45) is 3.94. The second-order valence-electron chi connectivity index (χ2n) is 7.07. The first-order valence-corrected chi connectivity index (χ1v) is 8.92. The Balaban J connectivity index is 1.47. The maximum Gasteiger partial charge on any atom is 0.321 e. The Morgan fingerprint density at radius 2 is 2.15 bits per heavy atom. The zero-order chi connectivity index (χ0) is 19.0. The van der Waals surface area contributed by atoms with Crippen molar-refractivity contribution in [1.82, 2.24) is 35.3 Å². The quantitative estimate of drug-likeness (QED) is 0.722. The van der Waals surface area contributed by atoms with E-state index in [1.54, 1.807) is 16.6 Å². The van der Waals surface area contributed by atoms with Crippen LogP contribution in [-0.2, 0) is 6.54 Å². The fraction of sp³-hybridized carbons (Fsp3) is 0.389. The highest BCUT2D eigenvalue weighted by molar-refractivity contribution is 5.90. The van der Waals surface area contributed by atoms with Gasteiger partial charge in [-0.15, -0.1) is 5.10 Å². The fourth-order valence-corrected chi connectivity index (χ4v) is 2.97. The lowest BCUT2D eigenvalue weighted by Gasteiger charge is -2.19. The molecule has 1 aliphatic carbocycles. The third kappa shape index (κ3) is 3.67. The molecule has 1 fully saturated rings. The maximum absolute atomic E-state index is 12.7. The summed E-state index contributed by atoms with van der Waals surface area (Å²) in [6, 6.07) is 5.71. The summed E-state index contributed by atoms with van der Waals surface area (Å²) in [5.74, 6) is 0.591. The van der Waals surface area contributed by atoms with Crippen LogP contribution >= 0.6 is 0 Å². The average molecular weight is 366 g/mol. The minimum atomic E-state index is -0.186. The Morgan fingerprint density at radius 3 is 2.85 bits per heavy atom. The van der Waals surface area contributed by atoms with Gasteiger partial charge in [-0.05, 0) is 66.4 Å². The van der Waals surface area contributed by atoms with Crippen molar-refractivity contribution in [3.63, 3.8) is 0 Å². The number of aryl methyl sites for hydroxylation is 1. The number of aromatic amines is 1. The number of rotatable bonds is 5. The lowest BCUT2D eigenvalue weighted by molar-refractivity contribution is 0.220. The highest BCUT2D eigenvalue weighted by Gasteiger charge is 2.26. The van der Waals surface area contributed by atoms with Crippen molar-refractivity contribution in [2.24, 2.45) is 0 Å². The smallest absolute Gasteiger partial charge is 0.321 e. The molecule has 1 aromatic carbocycles. The summed E-state index contributed by atoms with van der Waals surface area (Å²) in [6.45, 7) is 4.44. The normalized spacial score (nSPS) is 13.6. The molecule has 9 nitrogen and oxygen atoms in total. The van der Waals surface area contributed by atoms with Crippen molar-refractivity contribution in [2.75, 3.05) is 12.4 Å². The molecular formula is C18H22N8O. The van der Waals surface area contributed by atoms with Crippen LogP contribution in [0.2, 0.25) is 0 Å². The Bertz CT molecular complexity index is 958. The van der Waals surface area contributed by atoms with Crippen molar-refractivity contribution in [3.05, 3.63) is 47.0 Å². The summed E-state index contributed by atoms with van der Waals surface area (Å²) in [5.41, 5.74) is 5.61. The van der Waals surface area contributed by atoms with Gasteiger partial charge in [0.15, 0.2) is 0 Å². The zero-order valence-electron chi connectivity index (χ0n) is 15.6. The summed E-state index contributed by atoms with van der Waals surface area (Å²) in [5, 5.41) is 21.6. The van der Waals surface area contributed by atoms with Crippen LogP contribution in [0.1, 0.15) is 41.3 Å². The van der Waals surface area contributed by atoms with E-state index < -0.39 is 0 Å². The number of nitrogens with one attached hydrogen (secondary N) is 2. The topological polar surface area (TPSA) is 105 Å². The first-order valence-electron chi connectivity index (χ1n) is 8.92. The number of tetrazole rings is 1. The highest BCUT2D eigenvalue weighted by atomic mass is 16.2. The molecule has 0 unspecified atom stereocenters. The van der Waals surface area contributed by atoms with Gasteiger partial charge in [-0.3, -0.25) is 5.10 Å². The van der Waals surface area contributed by atoms with Crippen molar-refractivity contribution >= 4 is 11.7 Å². The van der Waals surface area contributed by atoms with Crippen LogP contribution in [0.4, 0.5) is 10.5 Å². The highest BCUT2D eigenvalue weighted by Crippen LogP contribution is 2.39. The molecule has 1 saturated carbocycles. The first-order chi connectivity index (χ1) is 13.0. The number of H-pyrrole nitrogens is 1. The number of hydrogen-bond donors (Lipinski definition) is 2. The van der Waals surface area contributed by atoms with Crippen LogP contribution in [0.3, 0.4) is 0 Å². The van der Waals surface area contributed by atoms with E-state index in [1.807, 2.05) is 26.0 Å². The fourth-order valence-electron chi connectivity index (χ4n) is 2.97. The van der Waals surface area contributed by atoms with Gasteiger partial charge in [-0.1, -0.05) is 0 Å². The average Bonchev–Trinajstić information content (AvgIpc) is 3.15. The molecule has 9 heteroatoms. The lowest BCUT2D eigenvalue weighted by atomic mass is 10.1. The van der Waals surface area contributed by atoms with Gasteiger partial charge in [0.25, 0.3) is 0 Å². The number of amides is 2. The predicted molar refractivity (Wildman–Crippen MR) is 99.7 cm³/mol. The van der Waals surface area contributed by atoms with Crippen LogP contribution in [0.25, 0.3) is 5.69 Å². The van der Waals surface area contributed by atoms with E-state index in [0.717, 1.165) is 33.9 Å². The van der Waals surface area contributed by atoms with Crippen LogP contribution in [0.5, 0.6) is 0 Å². The number of benzene rings is 1. The summed E-state index contributed by atoms with van der Waals surface area (Å²) in [4.78, 5) is 14.3. The van der Waals surface area contributed by atoms with Gasteiger partial charge >= 0.3 is 6.03 Å². The molecule has 0 spiro atoms. The molecule has 0 bridgehead atoms. The molecule has 0 atom stereocenters. The summed E-state index contributed by atoms with van der Waals surface area (Å²) in [7, 11) is 1.76. The maximum atomic E-state index is 12.7. The minimum absolute atomic E-state index is 0.186. The Labute approximate surface area is 156 Å². The largest absolute Gasteiger partial charge is 0.322 e. The van der Waals surface area contributed by atoms with E-state index in [2.05, 4.69) is 37.1 Å². The van der Waals surface area contributed by atoms with Crippen LogP contribution in [-0.4, -0.2) is 48.4 Å². The third-order valence-corrected chi connectivity index (χ3v) is 4.91. The van der Waals surface area contributed by atoms with Crippen LogP contribution in [0.15, 0.2) is 24.5 Å². The predicted octanol–water partition coefficient (Wildman–Crippen LogP) is 2.54. The van der Waals surface area contributed by atoms with E-state index in [-0.39, 0.29) is 6.03 Å². The molecule has 2 amide bonds. The van der Waals surface area contributed by atoms with Crippen molar-refractivity contribution in [3.8, 4) is 5.69 Å². The first kappa shape index (κ1) is 17.2. The number of nitrogens with zero attached hydrogens (tertiary/aromatic N) is 6. The molecule has 2 aromatic heterocycles. The minimum Gasteiger partial charge on any atom is -0.322 e. The molecule has 0 saturated heterocycles. The SMILES string of the molecule is Cc1cc(-n2cnnn2)cc(NC(=O)N(C)Cc2cc(C3CC3)n[nH]2)c1C. The number of urea groups is 1. The Kier molecular flexibility index (Phi) is 4.35. The Morgan fingerprint density at radius 1 is 1.33 bits per heavy atom.